The molecular formula is C19H25N3O5S. The summed E-state index contributed by atoms with van der Waals surface area (Å²) in [6.45, 7) is 1.87. The van der Waals surface area contributed by atoms with Crippen molar-refractivity contribution in [3.8, 4) is 0 Å². The van der Waals surface area contributed by atoms with Crippen LogP contribution in [0, 0.1) is 0 Å². The molecule has 1 aromatic heterocycles. The minimum atomic E-state index is -3.33. The molecule has 0 radical (unpaired) electrons. The zero-order valence-corrected chi connectivity index (χ0v) is 16.9. The summed E-state index contributed by atoms with van der Waals surface area (Å²) in [5.41, 5.74) is 0.295. The average molecular weight is 407 g/mol. The second-order valence-corrected chi connectivity index (χ2v) is 9.37. The fourth-order valence-electron chi connectivity index (χ4n) is 3.72. The van der Waals surface area contributed by atoms with E-state index in [1.807, 2.05) is 0 Å². The van der Waals surface area contributed by atoms with Gasteiger partial charge in [-0.3, -0.25) is 4.79 Å². The van der Waals surface area contributed by atoms with E-state index in [0.717, 1.165) is 19.1 Å². The van der Waals surface area contributed by atoms with Gasteiger partial charge in [0.2, 0.25) is 5.91 Å². The van der Waals surface area contributed by atoms with E-state index in [9.17, 15) is 18.0 Å². The number of nitrogens with zero attached hydrogens (tertiary/aromatic N) is 2. The van der Waals surface area contributed by atoms with Gasteiger partial charge in [-0.05, 0) is 31.9 Å². The van der Waals surface area contributed by atoms with Crippen LogP contribution in [-0.2, 0) is 36.5 Å². The highest BCUT2D eigenvalue weighted by Gasteiger charge is 2.43. The maximum Gasteiger partial charge on any atom is 0.331 e. The molecule has 1 aromatic carbocycles. The van der Waals surface area contributed by atoms with Crippen LogP contribution in [0.25, 0.3) is 11.0 Å². The van der Waals surface area contributed by atoms with Gasteiger partial charge in [-0.25, -0.2) is 18.2 Å². The van der Waals surface area contributed by atoms with Crippen LogP contribution in [0.5, 0.6) is 0 Å². The highest BCUT2D eigenvalue weighted by atomic mass is 32.2. The lowest BCUT2D eigenvalue weighted by Crippen LogP contribution is -2.54. The van der Waals surface area contributed by atoms with E-state index in [1.54, 1.807) is 35.8 Å². The third kappa shape index (κ3) is 4.35. The number of aromatic nitrogens is 2. The zero-order chi connectivity index (χ0) is 20.4. The number of sulfone groups is 1. The number of benzene rings is 1. The number of carbonyl (C=O) groups is 2. The predicted molar refractivity (Wildman–Crippen MR) is 104 cm³/mol. The average Bonchev–Trinajstić information content (AvgIpc) is 3.20. The molecule has 1 aliphatic carbocycles. The molecule has 2 aromatic rings. The van der Waals surface area contributed by atoms with E-state index in [1.165, 1.54) is 0 Å². The summed E-state index contributed by atoms with van der Waals surface area (Å²) >= 11 is 0. The lowest BCUT2D eigenvalue weighted by Gasteiger charge is -2.28. The van der Waals surface area contributed by atoms with Gasteiger partial charge in [-0.15, -0.1) is 0 Å². The monoisotopic (exact) mass is 407 g/mol. The number of hydrogen-bond acceptors (Lipinski definition) is 6. The van der Waals surface area contributed by atoms with Crippen molar-refractivity contribution in [1.29, 1.82) is 0 Å². The van der Waals surface area contributed by atoms with Crippen LogP contribution >= 0.6 is 0 Å². The summed E-state index contributed by atoms with van der Waals surface area (Å²) in [6, 6.07) is 7.17. The van der Waals surface area contributed by atoms with Crippen LogP contribution in [0.4, 0.5) is 0 Å². The molecule has 0 spiro atoms. The summed E-state index contributed by atoms with van der Waals surface area (Å²) in [5, 5.41) is 2.86. The smallest absolute Gasteiger partial charge is 0.331 e. The standard InChI is InChI=1S/C19H25N3O5S/c1-3-27-18(24)19(10-6-7-11-19)21-17(23)12-22-15-9-5-4-8-14(15)20-16(22)13-28(2,25)26/h4-5,8-9H,3,6-7,10-13H2,1-2H3,(H,21,23). The first-order valence-corrected chi connectivity index (χ1v) is 11.4. The van der Waals surface area contributed by atoms with Crippen molar-refractivity contribution in [2.45, 2.75) is 50.4 Å². The molecule has 0 unspecified atom stereocenters. The minimum Gasteiger partial charge on any atom is -0.464 e. The molecule has 152 valence electrons. The van der Waals surface area contributed by atoms with Crippen LogP contribution in [-0.4, -0.2) is 48.2 Å². The number of fused-ring (bicyclic) bond motifs is 1. The Labute approximate surface area is 164 Å². The van der Waals surface area contributed by atoms with Gasteiger partial charge in [0, 0.05) is 6.26 Å². The highest BCUT2D eigenvalue weighted by molar-refractivity contribution is 7.89. The molecule has 1 saturated carbocycles. The quantitative estimate of drug-likeness (QED) is 0.698. The fourth-order valence-corrected chi connectivity index (χ4v) is 4.41. The Morgan fingerprint density at radius 1 is 1.25 bits per heavy atom. The number of imidazole rings is 1. The normalized spacial score (nSPS) is 16.2. The number of rotatable bonds is 7. The number of para-hydroxylation sites is 2. The number of ether oxygens (including phenoxy) is 1. The van der Waals surface area contributed by atoms with Gasteiger partial charge < -0.3 is 14.6 Å². The highest BCUT2D eigenvalue weighted by Crippen LogP contribution is 2.31. The molecule has 0 aliphatic heterocycles. The molecule has 1 fully saturated rings. The van der Waals surface area contributed by atoms with Gasteiger partial charge in [0.1, 0.15) is 23.7 Å². The SMILES string of the molecule is CCOC(=O)C1(NC(=O)Cn2c(CS(C)(=O)=O)nc3ccccc32)CCCC1. The van der Waals surface area contributed by atoms with Crippen LogP contribution in [0.1, 0.15) is 38.4 Å². The van der Waals surface area contributed by atoms with E-state index >= 15 is 0 Å². The zero-order valence-electron chi connectivity index (χ0n) is 16.1. The largest absolute Gasteiger partial charge is 0.464 e. The third-order valence-electron chi connectivity index (χ3n) is 4.93. The van der Waals surface area contributed by atoms with Crippen molar-refractivity contribution in [3.05, 3.63) is 30.1 Å². The lowest BCUT2D eigenvalue weighted by atomic mass is 9.97. The van der Waals surface area contributed by atoms with Crippen molar-refractivity contribution in [1.82, 2.24) is 14.9 Å². The molecule has 1 heterocycles. The molecule has 1 aliphatic rings. The first-order chi connectivity index (χ1) is 13.2. The van der Waals surface area contributed by atoms with Crippen LogP contribution in [0.3, 0.4) is 0 Å². The Kier molecular flexibility index (Phi) is 5.74. The summed E-state index contributed by atoms with van der Waals surface area (Å²) < 4.78 is 30.4. The van der Waals surface area contributed by atoms with Gasteiger partial charge in [-0.2, -0.15) is 0 Å². The topological polar surface area (TPSA) is 107 Å². The second kappa shape index (κ2) is 7.90. The van der Waals surface area contributed by atoms with E-state index in [0.29, 0.717) is 29.7 Å². The van der Waals surface area contributed by atoms with Gasteiger partial charge in [-0.1, -0.05) is 25.0 Å². The number of nitrogens with one attached hydrogen (secondary N) is 1. The van der Waals surface area contributed by atoms with Crippen molar-refractivity contribution in [2.75, 3.05) is 12.9 Å². The van der Waals surface area contributed by atoms with E-state index in [-0.39, 0.29) is 24.8 Å². The molecule has 1 amide bonds. The van der Waals surface area contributed by atoms with Crippen LogP contribution in [0.15, 0.2) is 24.3 Å². The van der Waals surface area contributed by atoms with E-state index < -0.39 is 21.3 Å². The van der Waals surface area contributed by atoms with E-state index in [2.05, 4.69) is 10.3 Å². The van der Waals surface area contributed by atoms with Crippen LogP contribution < -0.4 is 5.32 Å². The first-order valence-electron chi connectivity index (χ1n) is 9.34. The molecule has 3 rings (SSSR count). The van der Waals surface area contributed by atoms with Crippen molar-refractivity contribution in [2.24, 2.45) is 0 Å². The molecule has 0 saturated heterocycles. The Morgan fingerprint density at radius 2 is 1.93 bits per heavy atom. The summed E-state index contributed by atoms with van der Waals surface area (Å²) in [5.74, 6) is -0.742. The van der Waals surface area contributed by atoms with Gasteiger partial charge in [0.15, 0.2) is 9.84 Å². The Balaban J connectivity index is 1.88. The molecule has 9 heteroatoms. The molecular weight excluding hydrogens is 382 g/mol. The Bertz CT molecular complexity index is 990. The lowest BCUT2D eigenvalue weighted by molar-refractivity contribution is -0.153. The fraction of sp³-hybridized carbons (Fsp3) is 0.526. The van der Waals surface area contributed by atoms with Crippen molar-refractivity contribution < 1.29 is 22.7 Å². The molecule has 28 heavy (non-hydrogen) atoms. The third-order valence-corrected chi connectivity index (χ3v) is 5.71. The van der Waals surface area contributed by atoms with E-state index in [4.69, 9.17) is 4.74 Å². The number of carbonyl (C=O) groups excluding carboxylic acids is 2. The Hall–Kier alpha value is -2.42. The first kappa shape index (κ1) is 20.3. The molecule has 0 bridgehead atoms. The number of esters is 1. The maximum atomic E-state index is 12.8. The van der Waals surface area contributed by atoms with Gasteiger partial charge in [0.05, 0.1) is 17.6 Å². The molecule has 0 atom stereocenters. The van der Waals surface area contributed by atoms with Crippen LogP contribution in [0.2, 0.25) is 0 Å². The summed E-state index contributed by atoms with van der Waals surface area (Å²) in [7, 11) is -3.33. The second-order valence-electron chi connectivity index (χ2n) is 7.23. The number of hydrogen-bond donors (Lipinski definition) is 1. The molecule has 1 N–H and O–H groups in total. The molecule has 8 nitrogen and oxygen atoms in total. The van der Waals surface area contributed by atoms with Gasteiger partial charge in [0.25, 0.3) is 0 Å². The van der Waals surface area contributed by atoms with Crippen molar-refractivity contribution >= 4 is 32.7 Å². The van der Waals surface area contributed by atoms with Crippen molar-refractivity contribution in [3.63, 3.8) is 0 Å². The summed E-state index contributed by atoms with van der Waals surface area (Å²) in [4.78, 5) is 29.6. The minimum absolute atomic E-state index is 0.119. The predicted octanol–water partition coefficient (Wildman–Crippen LogP) is 1.57. The maximum absolute atomic E-state index is 12.8. The summed E-state index contributed by atoms with van der Waals surface area (Å²) in [6.07, 6.45) is 3.89. The van der Waals surface area contributed by atoms with Gasteiger partial charge >= 0.3 is 5.97 Å². The Morgan fingerprint density at radius 3 is 2.57 bits per heavy atom. The number of amides is 1.